The molecule has 402 valence electrons. The zero-order valence-electron chi connectivity index (χ0n) is 42.9. The first-order chi connectivity index (χ1) is 36.0. The van der Waals surface area contributed by atoms with Gasteiger partial charge in [0.15, 0.2) is 5.11 Å². The molecule has 3 atom stereocenters. The number of hydrogen-bond donors (Lipinski definition) is 4. The SMILES string of the molecule is CCOC(=O)C1=C(c2ccc(CNC(=O)[C@@H]3C[C@@H](O)CN3C(=O)[C@@H](NC(=O)COCCCCOc3ccc(-c4ccc(N5C(=S)N(c6ccc(C#N)c(C(F)(F)F)c6)C(=O)C5(C)C)cc4)cc3)C(C)(C)C)cc2)SCN1. The smallest absolute Gasteiger partial charge is 0.417 e. The number of anilines is 2. The van der Waals surface area contributed by atoms with Crippen LogP contribution in [0.15, 0.2) is 96.7 Å². The topological polar surface area (TPSA) is 203 Å². The van der Waals surface area contributed by atoms with Gasteiger partial charge in [0.2, 0.25) is 17.7 Å². The number of halogens is 3. The van der Waals surface area contributed by atoms with Gasteiger partial charge in [0, 0.05) is 36.7 Å². The van der Waals surface area contributed by atoms with E-state index in [1.165, 1.54) is 22.7 Å². The van der Waals surface area contributed by atoms with Crippen molar-refractivity contribution >= 4 is 75.0 Å². The molecule has 3 heterocycles. The van der Waals surface area contributed by atoms with Crippen molar-refractivity contribution in [1.29, 1.82) is 5.26 Å². The number of nitrogens with one attached hydrogen (secondary N) is 3. The monoisotopic (exact) mass is 1080 g/mol. The number of nitrogens with zero attached hydrogens (tertiary/aromatic N) is 4. The first-order valence-electron chi connectivity index (χ1n) is 24.7. The number of hydrogen-bond acceptors (Lipinski definition) is 13. The van der Waals surface area contributed by atoms with E-state index in [2.05, 4.69) is 16.0 Å². The molecule has 0 spiro atoms. The van der Waals surface area contributed by atoms with Crippen LogP contribution in [0.3, 0.4) is 0 Å². The molecule has 0 radical (unpaired) electrons. The number of likely N-dealkylation sites (tertiary alicyclic amines) is 1. The summed E-state index contributed by atoms with van der Waals surface area (Å²) in [6.45, 7) is 11.1. The minimum Gasteiger partial charge on any atom is -0.494 e. The Morgan fingerprint density at radius 2 is 1.57 bits per heavy atom. The molecular weight excluding hydrogens is 1020 g/mol. The standard InChI is InChI=1S/C55H60F3N7O9S2/c1-7-73-50(70)45-46(76-32-61-45)36-12-10-33(11-13-36)29-60-48(68)43-27-40(66)30-63(43)49(69)47(53(2,3)4)62-44(67)31-72-24-8-9-25-74-41-22-17-35(18-23-41)34-14-19-38(20-15-34)65-52(75)64(51(71)54(65,5)6)39-21-16-37(28-59)42(26-39)55(56,57)58/h10-23,26,40,43,47,61,66H,7-9,24-25,27,29-32H2,1-6H3,(H,60,68)(H,62,67)/t40-,43+,47-/m1/s1. The first-order valence-corrected chi connectivity index (χ1v) is 26.1. The number of amides is 4. The molecule has 0 saturated carbocycles. The number of benzene rings is 4. The fraction of sp³-hybridized carbons (Fsp3) is 0.400. The van der Waals surface area contributed by atoms with E-state index >= 15 is 0 Å². The summed E-state index contributed by atoms with van der Waals surface area (Å²) in [6, 6.07) is 24.7. The molecule has 4 amide bonds. The number of esters is 1. The van der Waals surface area contributed by atoms with Crippen molar-refractivity contribution in [2.75, 3.05) is 48.6 Å². The van der Waals surface area contributed by atoms with Crippen molar-refractivity contribution in [3.05, 3.63) is 119 Å². The number of ether oxygens (including phenoxy) is 3. The van der Waals surface area contributed by atoms with Crippen LogP contribution in [-0.2, 0) is 46.2 Å². The highest BCUT2D eigenvalue weighted by molar-refractivity contribution is 8.08. The number of carbonyl (C=O) groups excluding carboxylic acids is 5. The Morgan fingerprint density at radius 3 is 2.20 bits per heavy atom. The second kappa shape index (κ2) is 23.9. The maximum atomic E-state index is 14.1. The Kier molecular flexibility index (Phi) is 17.8. The van der Waals surface area contributed by atoms with Crippen LogP contribution in [0, 0.1) is 16.7 Å². The number of unbranched alkanes of at least 4 members (excludes halogenated alkanes) is 1. The number of nitriles is 1. The van der Waals surface area contributed by atoms with Gasteiger partial charge in [-0.15, -0.1) is 11.8 Å². The highest BCUT2D eigenvalue weighted by Gasteiger charge is 2.51. The van der Waals surface area contributed by atoms with Crippen LogP contribution in [0.5, 0.6) is 5.75 Å². The lowest BCUT2D eigenvalue weighted by Gasteiger charge is -2.35. The molecule has 4 aromatic carbocycles. The molecule has 4 aromatic rings. The van der Waals surface area contributed by atoms with Crippen LogP contribution >= 0.6 is 24.0 Å². The maximum Gasteiger partial charge on any atom is 0.417 e. The third kappa shape index (κ3) is 13.0. The van der Waals surface area contributed by atoms with Gasteiger partial charge in [-0.25, -0.2) is 4.79 Å². The third-order valence-corrected chi connectivity index (χ3v) is 14.4. The molecule has 21 heteroatoms. The van der Waals surface area contributed by atoms with Gasteiger partial charge >= 0.3 is 12.1 Å². The molecule has 2 fully saturated rings. The van der Waals surface area contributed by atoms with Gasteiger partial charge in [-0.2, -0.15) is 18.4 Å². The van der Waals surface area contributed by atoms with Crippen LogP contribution in [0.25, 0.3) is 16.0 Å². The summed E-state index contributed by atoms with van der Waals surface area (Å²) in [6.07, 6.45) is -4.49. The summed E-state index contributed by atoms with van der Waals surface area (Å²) in [5.41, 5.74) is 0.531. The molecule has 3 aliphatic heterocycles. The predicted octanol–water partition coefficient (Wildman–Crippen LogP) is 7.67. The fourth-order valence-electron chi connectivity index (χ4n) is 9.00. The largest absolute Gasteiger partial charge is 0.494 e. The summed E-state index contributed by atoms with van der Waals surface area (Å²) < 4.78 is 58.1. The van der Waals surface area contributed by atoms with Gasteiger partial charge in [0.05, 0.1) is 48.1 Å². The molecular formula is C55H60F3N7O9S2. The lowest BCUT2D eigenvalue weighted by Crippen LogP contribution is -2.58. The molecule has 0 bridgehead atoms. The molecule has 3 aliphatic rings. The van der Waals surface area contributed by atoms with E-state index in [9.17, 15) is 47.5 Å². The van der Waals surface area contributed by atoms with E-state index in [1.54, 1.807) is 64.6 Å². The second-order valence-corrected chi connectivity index (χ2v) is 21.3. The van der Waals surface area contributed by atoms with Gasteiger partial charge in [-0.1, -0.05) is 69.3 Å². The molecule has 0 unspecified atom stereocenters. The third-order valence-electron chi connectivity index (χ3n) is 13.0. The zero-order valence-corrected chi connectivity index (χ0v) is 44.5. The van der Waals surface area contributed by atoms with Crippen molar-refractivity contribution in [3.8, 4) is 22.9 Å². The number of rotatable bonds is 19. The number of alkyl halides is 3. The minimum atomic E-state index is -4.81. The molecule has 16 nitrogen and oxygen atoms in total. The summed E-state index contributed by atoms with van der Waals surface area (Å²) in [7, 11) is 0. The average Bonchev–Trinajstić information content (AvgIpc) is 4.09. The minimum absolute atomic E-state index is 0.00214. The summed E-state index contributed by atoms with van der Waals surface area (Å²) >= 11 is 7.17. The van der Waals surface area contributed by atoms with Crippen LogP contribution in [0.1, 0.15) is 83.1 Å². The Labute approximate surface area is 448 Å². The number of aliphatic hydroxyl groups is 1. The van der Waals surface area contributed by atoms with E-state index < -0.39 is 76.0 Å². The van der Waals surface area contributed by atoms with E-state index in [4.69, 9.17) is 26.4 Å². The number of thiocarbonyl (C=S) groups is 1. The Morgan fingerprint density at radius 1 is 0.934 bits per heavy atom. The Balaban J connectivity index is 0.840. The lowest BCUT2D eigenvalue weighted by molar-refractivity contribution is -0.144. The molecule has 7 rings (SSSR count). The van der Waals surface area contributed by atoms with Crippen LogP contribution < -0.4 is 30.5 Å². The molecule has 0 aliphatic carbocycles. The van der Waals surface area contributed by atoms with Gasteiger partial charge in [0.25, 0.3) is 5.91 Å². The Hall–Kier alpha value is -6.99. The van der Waals surface area contributed by atoms with Crippen molar-refractivity contribution < 1.29 is 56.5 Å². The number of β-amino-alcohol motifs (C(OH)–C–C–N with tert-alkyl or cyclic N) is 1. The maximum absolute atomic E-state index is 14.1. The number of carbonyl (C=O) groups is 5. The van der Waals surface area contributed by atoms with Crippen LogP contribution in [0.4, 0.5) is 24.5 Å². The van der Waals surface area contributed by atoms with Gasteiger partial charge in [-0.3, -0.25) is 24.1 Å². The molecule has 0 aromatic heterocycles. The summed E-state index contributed by atoms with van der Waals surface area (Å²) in [4.78, 5) is 71.5. The van der Waals surface area contributed by atoms with E-state index in [-0.39, 0.29) is 50.1 Å². The first kappa shape index (κ1) is 56.7. The number of thioether (sulfide) groups is 1. The molecule has 76 heavy (non-hydrogen) atoms. The fourth-order valence-corrected chi connectivity index (χ4v) is 10.5. The Bertz CT molecular complexity index is 2900. The van der Waals surface area contributed by atoms with E-state index in [0.717, 1.165) is 44.2 Å². The van der Waals surface area contributed by atoms with Crippen molar-refractivity contribution in [3.63, 3.8) is 0 Å². The van der Waals surface area contributed by atoms with Crippen LogP contribution in [-0.4, -0.2) is 107 Å². The average molecular weight is 1080 g/mol. The normalized spacial score (nSPS) is 17.8. The highest BCUT2D eigenvalue weighted by Crippen LogP contribution is 2.41. The zero-order chi connectivity index (χ0) is 55.1. The molecule has 2 saturated heterocycles. The summed E-state index contributed by atoms with van der Waals surface area (Å²) in [5.74, 6) is -1.19. The van der Waals surface area contributed by atoms with Crippen molar-refractivity contribution in [2.45, 2.75) is 97.3 Å². The predicted molar refractivity (Wildman–Crippen MR) is 285 cm³/mol. The highest BCUT2D eigenvalue weighted by atomic mass is 32.2. The molecule has 4 N–H and O–H groups in total. The van der Waals surface area contributed by atoms with Crippen molar-refractivity contribution in [2.24, 2.45) is 5.41 Å². The second-order valence-electron chi connectivity index (χ2n) is 19.9. The van der Waals surface area contributed by atoms with Gasteiger partial charge in [0.1, 0.15) is 35.7 Å². The lowest BCUT2D eigenvalue weighted by atomic mass is 9.85. The van der Waals surface area contributed by atoms with Gasteiger partial charge < -0.3 is 45.1 Å². The van der Waals surface area contributed by atoms with E-state index in [1.807, 2.05) is 60.7 Å². The summed E-state index contributed by atoms with van der Waals surface area (Å²) in [5, 5.41) is 28.6. The van der Waals surface area contributed by atoms with E-state index in [0.29, 0.717) is 42.5 Å². The van der Waals surface area contributed by atoms with Gasteiger partial charge in [-0.05, 0) is 116 Å². The van der Waals surface area contributed by atoms with Crippen molar-refractivity contribution in [1.82, 2.24) is 20.9 Å². The number of aliphatic hydroxyl groups excluding tert-OH is 1. The van der Waals surface area contributed by atoms with Crippen LogP contribution in [0.2, 0.25) is 0 Å². The quantitative estimate of drug-likeness (QED) is 0.0405.